The molecule has 22 heavy (non-hydrogen) atoms. The summed E-state index contributed by atoms with van der Waals surface area (Å²) in [6, 6.07) is 14.4. The predicted octanol–water partition coefficient (Wildman–Crippen LogP) is 2.87. The monoisotopic (exact) mass is 304 g/mol. The highest BCUT2D eigenvalue weighted by Crippen LogP contribution is 2.30. The van der Waals surface area contributed by atoms with Crippen molar-refractivity contribution >= 4 is 0 Å². The van der Waals surface area contributed by atoms with Gasteiger partial charge in [0.15, 0.2) is 11.5 Å². The van der Waals surface area contributed by atoms with Crippen LogP contribution < -0.4 is 9.47 Å². The van der Waals surface area contributed by atoms with Gasteiger partial charge < -0.3 is 14.6 Å². The number of methoxy groups -OCH3 is 2. The van der Waals surface area contributed by atoms with Crippen LogP contribution >= 0.6 is 0 Å². The van der Waals surface area contributed by atoms with Crippen LogP contribution in [-0.4, -0.2) is 37.7 Å². The summed E-state index contributed by atoms with van der Waals surface area (Å²) in [5.41, 5.74) is 1.44. The predicted molar refractivity (Wildman–Crippen MR) is 87.3 cm³/mol. The molecule has 0 aliphatic carbocycles. The molecule has 2 aromatic carbocycles. The normalized spacial score (nSPS) is 14.8. The van der Waals surface area contributed by atoms with E-state index < -0.39 is 13.1 Å². The van der Waals surface area contributed by atoms with Crippen LogP contribution in [-0.2, 0) is 6.54 Å². The van der Waals surface area contributed by atoms with Crippen LogP contribution in [0.25, 0.3) is 0 Å². The first kappa shape index (κ1) is 12.5. The fourth-order valence-corrected chi connectivity index (χ4v) is 2.24. The summed E-state index contributed by atoms with van der Waals surface area (Å²) in [4.78, 5) is 1.28. The minimum atomic E-state index is -2.31. The second kappa shape index (κ2) is 7.82. The molecule has 4 heteroatoms. The molecule has 0 radical (unpaired) electrons. The molecule has 1 N–H and O–H groups in total. The van der Waals surface area contributed by atoms with Gasteiger partial charge in [-0.1, -0.05) is 36.4 Å². The fraction of sp³-hybridized carbons (Fsp3) is 0.333. The largest absolute Gasteiger partial charge is 0.493 e. The highest BCUT2D eigenvalue weighted by molar-refractivity contribution is 5.43. The lowest BCUT2D eigenvalue weighted by atomic mass is 10.1. The van der Waals surface area contributed by atoms with Gasteiger partial charge in [-0.2, -0.15) is 0 Å². The summed E-state index contributed by atoms with van der Waals surface area (Å²) in [7, 11) is 3.04. The molecule has 0 spiro atoms. The van der Waals surface area contributed by atoms with Crippen LogP contribution in [0.2, 0.25) is 0 Å². The van der Waals surface area contributed by atoms with Crippen LogP contribution in [0.5, 0.6) is 11.5 Å². The molecule has 118 valence electrons. The lowest BCUT2D eigenvalue weighted by Gasteiger charge is -2.21. The Morgan fingerprint density at radius 3 is 2.45 bits per heavy atom. The second-order valence-electron chi connectivity index (χ2n) is 5.00. The van der Waals surface area contributed by atoms with E-state index in [1.165, 1.54) is 19.1 Å². The molecule has 2 rings (SSSR count). The summed E-state index contributed by atoms with van der Waals surface area (Å²) in [6.07, 6.45) is -0.969. The molecule has 0 saturated carbocycles. The summed E-state index contributed by atoms with van der Waals surface area (Å²) < 4.78 is 33.6. The third kappa shape index (κ3) is 4.23. The van der Waals surface area contributed by atoms with E-state index in [1.54, 1.807) is 18.2 Å². The molecule has 0 fully saturated rings. The number of aliphatic hydroxyl groups excluding tert-OH is 1. The highest BCUT2D eigenvalue weighted by Gasteiger charge is 2.14. The quantitative estimate of drug-likeness (QED) is 0.854. The van der Waals surface area contributed by atoms with Crippen LogP contribution in [0.1, 0.15) is 21.3 Å². The molecule has 0 bridgehead atoms. The number of aliphatic hydroxyl groups is 1. The Bertz CT molecular complexity index is 677. The molecule has 0 saturated heterocycles. The van der Waals surface area contributed by atoms with Gasteiger partial charge in [0, 0.05) is 17.2 Å². The molecule has 0 amide bonds. The van der Waals surface area contributed by atoms with Crippen molar-refractivity contribution in [1.29, 1.82) is 0 Å². The lowest BCUT2D eigenvalue weighted by Crippen LogP contribution is -2.24. The molecule has 4 nitrogen and oxygen atoms in total. The van der Waals surface area contributed by atoms with Crippen molar-refractivity contribution in [2.75, 3.05) is 27.7 Å². The summed E-state index contributed by atoms with van der Waals surface area (Å²) >= 11 is 0. The molecule has 0 aromatic heterocycles. The molecule has 0 aliphatic heterocycles. The van der Waals surface area contributed by atoms with Crippen LogP contribution in [0.15, 0.2) is 48.5 Å². The molecule has 1 atom stereocenters. The first-order chi connectivity index (χ1) is 11.8. The van der Waals surface area contributed by atoms with Crippen molar-refractivity contribution in [3.63, 3.8) is 0 Å². The fourth-order valence-electron chi connectivity index (χ4n) is 2.24. The van der Waals surface area contributed by atoms with E-state index in [-0.39, 0.29) is 13.1 Å². The van der Waals surface area contributed by atoms with Gasteiger partial charge in [-0.05, 0) is 30.2 Å². The van der Waals surface area contributed by atoms with Crippen molar-refractivity contribution in [3.8, 4) is 11.5 Å². The summed E-state index contributed by atoms with van der Waals surface area (Å²) in [5.74, 6) is 1.04. The van der Waals surface area contributed by atoms with E-state index in [0.29, 0.717) is 17.1 Å². The maximum atomic E-state index is 10.5. The second-order valence-corrected chi connectivity index (χ2v) is 5.00. The van der Waals surface area contributed by atoms with Crippen LogP contribution in [0.3, 0.4) is 0 Å². The first-order valence-corrected chi connectivity index (χ1v) is 7.04. The Kier molecular flexibility index (Phi) is 4.44. The van der Waals surface area contributed by atoms with Gasteiger partial charge in [-0.25, -0.2) is 0 Å². The third-order valence-corrected chi connectivity index (χ3v) is 3.40. The van der Waals surface area contributed by atoms with E-state index >= 15 is 0 Å². The van der Waals surface area contributed by atoms with Gasteiger partial charge in [0.05, 0.1) is 20.3 Å². The Balaban J connectivity index is 2.18. The molecule has 2 aromatic rings. The highest BCUT2D eigenvalue weighted by atomic mass is 16.5. The smallest absolute Gasteiger partial charge is 0.161 e. The van der Waals surface area contributed by atoms with E-state index in [2.05, 4.69) is 0 Å². The summed E-state index contributed by atoms with van der Waals surface area (Å²) in [5, 5.41) is 10.5. The SMILES string of the molecule is [2H]C([2H])([2H])N(Cc1ccccc1)C[C@@H](O)c1ccc(OC)c(OC)c1. The zero-order valence-electron chi connectivity index (χ0n) is 15.8. The number of ether oxygens (including phenoxy) is 2. The van der Waals surface area contributed by atoms with E-state index in [0.717, 1.165) is 5.56 Å². The number of nitrogens with zero attached hydrogens (tertiary/aromatic N) is 1. The standard InChI is InChI=1S/C18H23NO3/c1-19(12-14-7-5-4-6-8-14)13-16(20)15-9-10-17(21-2)18(11-15)22-3/h4-11,16,20H,12-13H2,1-3H3/t16-/m1/s1/i1D3. The number of likely N-dealkylation sites (N-methyl/N-ethyl adjacent to an activating group) is 1. The van der Waals surface area contributed by atoms with Crippen molar-refractivity contribution in [2.45, 2.75) is 12.6 Å². The van der Waals surface area contributed by atoms with Crippen LogP contribution in [0, 0.1) is 0 Å². The minimum Gasteiger partial charge on any atom is -0.493 e. The number of rotatable bonds is 7. The average Bonchev–Trinajstić information content (AvgIpc) is 2.60. The Labute approximate surface area is 136 Å². The van der Waals surface area contributed by atoms with Gasteiger partial charge in [-0.3, -0.25) is 4.90 Å². The van der Waals surface area contributed by atoms with Gasteiger partial charge >= 0.3 is 0 Å². The topological polar surface area (TPSA) is 41.9 Å². The minimum absolute atomic E-state index is 0.0269. The maximum absolute atomic E-state index is 10.5. The molecule has 0 unspecified atom stereocenters. The Morgan fingerprint density at radius 2 is 1.82 bits per heavy atom. The summed E-state index contributed by atoms with van der Waals surface area (Å²) in [6.45, 7) is -2.12. The van der Waals surface area contributed by atoms with Crippen LogP contribution in [0.4, 0.5) is 0 Å². The van der Waals surface area contributed by atoms with Crippen molar-refractivity contribution in [1.82, 2.24) is 4.90 Å². The van der Waals surface area contributed by atoms with E-state index in [4.69, 9.17) is 13.6 Å². The third-order valence-electron chi connectivity index (χ3n) is 3.40. The number of hydrogen-bond donors (Lipinski definition) is 1. The van der Waals surface area contributed by atoms with E-state index in [9.17, 15) is 5.11 Å². The zero-order valence-corrected chi connectivity index (χ0v) is 12.8. The number of benzene rings is 2. The number of hydrogen-bond acceptors (Lipinski definition) is 4. The zero-order chi connectivity index (χ0) is 18.4. The molecular formula is C18H23NO3. The average molecular weight is 304 g/mol. The lowest BCUT2D eigenvalue weighted by molar-refractivity contribution is 0.123. The Morgan fingerprint density at radius 1 is 1.09 bits per heavy atom. The van der Waals surface area contributed by atoms with Gasteiger partial charge in [0.2, 0.25) is 0 Å². The Hall–Kier alpha value is -2.04. The van der Waals surface area contributed by atoms with Gasteiger partial charge in [0.25, 0.3) is 0 Å². The van der Waals surface area contributed by atoms with Gasteiger partial charge in [-0.15, -0.1) is 0 Å². The molecule has 0 aliphatic rings. The maximum Gasteiger partial charge on any atom is 0.161 e. The molecular weight excluding hydrogens is 278 g/mol. The molecule has 0 heterocycles. The van der Waals surface area contributed by atoms with Gasteiger partial charge in [0.1, 0.15) is 0 Å². The van der Waals surface area contributed by atoms with Crippen molar-refractivity contribution in [3.05, 3.63) is 59.7 Å². The van der Waals surface area contributed by atoms with E-state index in [1.807, 2.05) is 30.3 Å². The van der Waals surface area contributed by atoms with Crippen molar-refractivity contribution < 1.29 is 18.7 Å². The first-order valence-electron chi connectivity index (χ1n) is 8.54. The van der Waals surface area contributed by atoms with Crippen molar-refractivity contribution in [2.24, 2.45) is 0 Å².